The first-order chi connectivity index (χ1) is 9.43. The molecule has 19 heavy (non-hydrogen) atoms. The summed E-state index contributed by atoms with van der Waals surface area (Å²) >= 11 is 1.88. The van der Waals surface area contributed by atoms with Crippen LogP contribution in [-0.2, 0) is 6.42 Å². The molecule has 2 nitrogen and oxygen atoms in total. The maximum absolute atomic E-state index is 3.85. The van der Waals surface area contributed by atoms with E-state index in [1.54, 1.807) is 0 Å². The molecule has 0 radical (unpaired) electrons. The van der Waals surface area contributed by atoms with E-state index in [9.17, 15) is 0 Å². The van der Waals surface area contributed by atoms with Gasteiger partial charge in [0, 0.05) is 23.5 Å². The number of thiophene rings is 1. The molecular weight excluding hydrogens is 252 g/mol. The molecule has 3 rings (SSSR count). The molecular formula is C16H26N2S. The molecule has 0 aromatic carbocycles. The molecule has 3 unspecified atom stereocenters. The first-order valence-electron chi connectivity index (χ1n) is 7.92. The SMILES string of the molecule is c1csc(CCNC2CCCCC2C2CCCN2)c1. The Labute approximate surface area is 121 Å². The maximum atomic E-state index is 3.85. The summed E-state index contributed by atoms with van der Waals surface area (Å²) in [6, 6.07) is 5.96. The molecule has 1 aromatic heterocycles. The lowest BCUT2D eigenvalue weighted by Crippen LogP contribution is -2.47. The standard InChI is InChI=1S/C16H26N2S/c1-2-7-15(14(6-1)16-8-3-10-17-16)18-11-9-13-5-4-12-19-13/h4-5,12,14-18H,1-3,6-11H2. The first-order valence-corrected chi connectivity index (χ1v) is 8.80. The van der Waals surface area contributed by atoms with Crippen molar-refractivity contribution in [3.63, 3.8) is 0 Å². The highest BCUT2D eigenvalue weighted by Crippen LogP contribution is 2.30. The van der Waals surface area contributed by atoms with Gasteiger partial charge in [0.15, 0.2) is 0 Å². The molecule has 3 atom stereocenters. The Hall–Kier alpha value is -0.380. The van der Waals surface area contributed by atoms with Crippen molar-refractivity contribution in [2.75, 3.05) is 13.1 Å². The number of nitrogens with one attached hydrogen (secondary N) is 2. The molecule has 106 valence electrons. The highest BCUT2D eigenvalue weighted by molar-refractivity contribution is 7.09. The average Bonchev–Trinajstić information content (AvgIpc) is 3.12. The minimum atomic E-state index is 0.754. The van der Waals surface area contributed by atoms with E-state index in [4.69, 9.17) is 0 Å². The van der Waals surface area contributed by atoms with Gasteiger partial charge >= 0.3 is 0 Å². The Morgan fingerprint density at radius 2 is 2.16 bits per heavy atom. The van der Waals surface area contributed by atoms with E-state index >= 15 is 0 Å². The van der Waals surface area contributed by atoms with Crippen LogP contribution < -0.4 is 10.6 Å². The molecule has 1 saturated heterocycles. The van der Waals surface area contributed by atoms with Crippen molar-refractivity contribution in [3.05, 3.63) is 22.4 Å². The number of hydrogen-bond donors (Lipinski definition) is 2. The highest BCUT2D eigenvalue weighted by Gasteiger charge is 2.32. The quantitative estimate of drug-likeness (QED) is 0.864. The summed E-state index contributed by atoms with van der Waals surface area (Å²) in [6.07, 6.45) is 9.63. The van der Waals surface area contributed by atoms with Gasteiger partial charge in [0.1, 0.15) is 0 Å². The van der Waals surface area contributed by atoms with Crippen molar-refractivity contribution in [1.29, 1.82) is 0 Å². The second-order valence-corrected chi connectivity index (χ2v) is 7.07. The van der Waals surface area contributed by atoms with Gasteiger partial charge in [-0.3, -0.25) is 0 Å². The minimum Gasteiger partial charge on any atom is -0.314 e. The van der Waals surface area contributed by atoms with Crippen LogP contribution in [0.2, 0.25) is 0 Å². The summed E-state index contributed by atoms with van der Waals surface area (Å²) < 4.78 is 0. The number of rotatable bonds is 5. The molecule has 0 bridgehead atoms. The van der Waals surface area contributed by atoms with Crippen molar-refractivity contribution >= 4 is 11.3 Å². The molecule has 3 heteroatoms. The Bertz CT molecular complexity index is 357. The van der Waals surface area contributed by atoms with Crippen LogP contribution >= 0.6 is 11.3 Å². The van der Waals surface area contributed by atoms with E-state index < -0.39 is 0 Å². The van der Waals surface area contributed by atoms with Crippen LogP contribution in [0.5, 0.6) is 0 Å². The zero-order chi connectivity index (χ0) is 12.9. The van der Waals surface area contributed by atoms with Crippen LogP contribution in [0.25, 0.3) is 0 Å². The lowest BCUT2D eigenvalue weighted by molar-refractivity contribution is 0.216. The van der Waals surface area contributed by atoms with Gasteiger partial charge < -0.3 is 10.6 Å². The molecule has 2 aliphatic rings. The Kier molecular flexibility index (Phi) is 4.91. The van der Waals surface area contributed by atoms with Gasteiger partial charge in [-0.1, -0.05) is 18.9 Å². The van der Waals surface area contributed by atoms with Crippen LogP contribution in [-0.4, -0.2) is 25.2 Å². The summed E-state index contributed by atoms with van der Waals surface area (Å²) in [4.78, 5) is 1.51. The molecule has 0 spiro atoms. The third-order valence-electron chi connectivity index (χ3n) is 4.79. The summed E-state index contributed by atoms with van der Waals surface area (Å²) in [5, 5.41) is 9.76. The average molecular weight is 278 g/mol. The zero-order valence-electron chi connectivity index (χ0n) is 11.7. The molecule has 2 heterocycles. The van der Waals surface area contributed by atoms with Gasteiger partial charge in [0.25, 0.3) is 0 Å². The highest BCUT2D eigenvalue weighted by atomic mass is 32.1. The fourth-order valence-corrected chi connectivity index (χ4v) is 4.52. The van der Waals surface area contributed by atoms with Crippen LogP contribution in [0.1, 0.15) is 43.4 Å². The van der Waals surface area contributed by atoms with Crippen molar-refractivity contribution in [2.45, 2.75) is 57.0 Å². The molecule has 2 N–H and O–H groups in total. The topological polar surface area (TPSA) is 24.1 Å². The van der Waals surface area contributed by atoms with Crippen molar-refractivity contribution < 1.29 is 0 Å². The summed E-state index contributed by atoms with van der Waals surface area (Å²) in [5.41, 5.74) is 0. The van der Waals surface area contributed by atoms with Gasteiger partial charge in [-0.15, -0.1) is 11.3 Å². The minimum absolute atomic E-state index is 0.754. The summed E-state index contributed by atoms with van der Waals surface area (Å²) in [5.74, 6) is 0.875. The zero-order valence-corrected chi connectivity index (χ0v) is 12.6. The van der Waals surface area contributed by atoms with Crippen molar-refractivity contribution in [2.24, 2.45) is 5.92 Å². The molecule has 1 aliphatic heterocycles. The molecule has 2 fully saturated rings. The van der Waals surface area contributed by atoms with Gasteiger partial charge in [-0.2, -0.15) is 0 Å². The lowest BCUT2D eigenvalue weighted by Gasteiger charge is -2.36. The van der Waals surface area contributed by atoms with Crippen LogP contribution in [0.4, 0.5) is 0 Å². The number of hydrogen-bond acceptors (Lipinski definition) is 3. The third-order valence-corrected chi connectivity index (χ3v) is 5.73. The van der Waals surface area contributed by atoms with Gasteiger partial charge in [-0.25, -0.2) is 0 Å². The smallest absolute Gasteiger partial charge is 0.0111 e. The predicted octanol–water partition coefficient (Wildman–Crippen LogP) is 3.19. The van der Waals surface area contributed by atoms with Crippen LogP contribution in [0.15, 0.2) is 17.5 Å². The Morgan fingerprint density at radius 3 is 2.95 bits per heavy atom. The van der Waals surface area contributed by atoms with Crippen molar-refractivity contribution in [1.82, 2.24) is 10.6 Å². The van der Waals surface area contributed by atoms with E-state index in [-0.39, 0.29) is 0 Å². The van der Waals surface area contributed by atoms with Gasteiger partial charge in [0.05, 0.1) is 0 Å². The molecule has 1 aliphatic carbocycles. The first kappa shape index (κ1) is 13.6. The van der Waals surface area contributed by atoms with Crippen LogP contribution in [0, 0.1) is 5.92 Å². The van der Waals surface area contributed by atoms with Crippen LogP contribution in [0.3, 0.4) is 0 Å². The van der Waals surface area contributed by atoms with E-state index in [1.165, 1.54) is 56.4 Å². The van der Waals surface area contributed by atoms with Gasteiger partial charge in [0.2, 0.25) is 0 Å². The van der Waals surface area contributed by atoms with Gasteiger partial charge in [-0.05, 0) is 56.0 Å². The second kappa shape index (κ2) is 6.87. The van der Waals surface area contributed by atoms with E-state index in [2.05, 4.69) is 28.1 Å². The Morgan fingerprint density at radius 1 is 1.21 bits per heavy atom. The van der Waals surface area contributed by atoms with E-state index in [0.29, 0.717) is 0 Å². The maximum Gasteiger partial charge on any atom is 0.0111 e. The normalized spacial score (nSPS) is 31.7. The monoisotopic (exact) mass is 278 g/mol. The van der Waals surface area contributed by atoms with E-state index in [0.717, 1.165) is 24.5 Å². The Balaban J connectivity index is 1.49. The molecule has 1 aromatic rings. The predicted molar refractivity (Wildman–Crippen MR) is 82.8 cm³/mol. The second-order valence-electron chi connectivity index (χ2n) is 6.04. The summed E-state index contributed by atoms with van der Waals surface area (Å²) in [7, 11) is 0. The third kappa shape index (κ3) is 3.59. The summed E-state index contributed by atoms with van der Waals surface area (Å²) in [6.45, 7) is 2.39. The van der Waals surface area contributed by atoms with Crippen molar-refractivity contribution in [3.8, 4) is 0 Å². The fourth-order valence-electron chi connectivity index (χ4n) is 3.81. The largest absolute Gasteiger partial charge is 0.314 e. The molecule has 0 amide bonds. The molecule has 1 saturated carbocycles. The fraction of sp³-hybridized carbons (Fsp3) is 0.750. The lowest BCUT2D eigenvalue weighted by atomic mass is 9.79. The van der Waals surface area contributed by atoms with E-state index in [1.807, 2.05) is 11.3 Å².